The molecule has 0 atom stereocenters. The van der Waals surface area contributed by atoms with Crippen molar-refractivity contribution in [2.24, 2.45) is 0 Å². The maximum atomic E-state index is 12.1. The molecule has 3 aromatic rings. The molecular weight excluding hydrogens is 330 g/mol. The third-order valence-electron chi connectivity index (χ3n) is 4.03. The fourth-order valence-electron chi connectivity index (χ4n) is 2.70. The first-order chi connectivity index (χ1) is 12.2. The lowest BCUT2D eigenvalue weighted by molar-refractivity contribution is -0.116. The van der Waals surface area contributed by atoms with Gasteiger partial charge in [-0.2, -0.15) is 5.26 Å². The molecular formula is C20H19N3OS. The van der Waals surface area contributed by atoms with Crippen molar-refractivity contribution < 1.29 is 4.79 Å². The second-order valence-corrected chi connectivity index (χ2v) is 6.91. The average molecular weight is 349 g/mol. The van der Waals surface area contributed by atoms with Crippen LogP contribution in [-0.4, -0.2) is 24.4 Å². The van der Waals surface area contributed by atoms with Crippen molar-refractivity contribution in [3.05, 3.63) is 65.0 Å². The minimum Gasteiger partial charge on any atom is -0.317 e. The topological polar surface area (TPSA) is 56.1 Å². The van der Waals surface area contributed by atoms with Crippen LogP contribution in [0, 0.1) is 11.3 Å². The molecule has 0 bridgehead atoms. The van der Waals surface area contributed by atoms with E-state index in [1.165, 1.54) is 27.7 Å². The molecule has 1 aromatic heterocycles. The van der Waals surface area contributed by atoms with Gasteiger partial charge in [0, 0.05) is 19.5 Å². The molecule has 0 fully saturated rings. The highest BCUT2D eigenvalue weighted by Gasteiger charge is 2.09. The van der Waals surface area contributed by atoms with E-state index in [2.05, 4.69) is 46.6 Å². The molecule has 0 aliphatic carbocycles. The summed E-state index contributed by atoms with van der Waals surface area (Å²) in [4.78, 5) is 14.2. The average Bonchev–Trinajstić information content (AvgIpc) is 3.07. The van der Waals surface area contributed by atoms with Gasteiger partial charge in [0.25, 0.3) is 0 Å². The van der Waals surface area contributed by atoms with Crippen LogP contribution < -0.4 is 5.32 Å². The van der Waals surface area contributed by atoms with Crippen molar-refractivity contribution in [3.63, 3.8) is 0 Å². The number of nitrogens with zero attached hydrogens (tertiary/aromatic N) is 2. The predicted molar refractivity (Wildman–Crippen MR) is 103 cm³/mol. The minimum absolute atomic E-state index is 0.0655. The number of benzene rings is 2. The van der Waals surface area contributed by atoms with Crippen molar-refractivity contribution in [2.75, 3.05) is 18.9 Å². The summed E-state index contributed by atoms with van der Waals surface area (Å²) in [5, 5.41) is 16.7. The fraction of sp³-hybridized carbons (Fsp3) is 0.200. The molecule has 5 heteroatoms. The SMILES string of the molecule is CN(CCC(=O)Nc1sccc1C#N)Cc1ccc2ccccc2c1. The number of nitrogens with one attached hydrogen (secondary N) is 1. The molecule has 4 nitrogen and oxygen atoms in total. The Labute approximate surface area is 151 Å². The molecule has 0 aliphatic rings. The fourth-order valence-corrected chi connectivity index (χ4v) is 3.46. The van der Waals surface area contributed by atoms with Gasteiger partial charge in [0.05, 0.1) is 5.56 Å². The second kappa shape index (κ2) is 7.93. The molecule has 0 radical (unpaired) electrons. The van der Waals surface area contributed by atoms with Crippen LogP contribution in [0.3, 0.4) is 0 Å². The van der Waals surface area contributed by atoms with Gasteiger partial charge in [-0.3, -0.25) is 4.79 Å². The first kappa shape index (κ1) is 17.2. The highest BCUT2D eigenvalue weighted by molar-refractivity contribution is 7.14. The Balaban J connectivity index is 1.52. The number of nitriles is 1. The van der Waals surface area contributed by atoms with E-state index in [-0.39, 0.29) is 5.91 Å². The van der Waals surface area contributed by atoms with E-state index in [1.54, 1.807) is 11.4 Å². The summed E-state index contributed by atoms with van der Waals surface area (Å²) >= 11 is 1.37. The van der Waals surface area contributed by atoms with Crippen LogP contribution in [0.5, 0.6) is 0 Å². The van der Waals surface area contributed by atoms with Gasteiger partial charge < -0.3 is 10.2 Å². The van der Waals surface area contributed by atoms with Crippen molar-refractivity contribution in [1.82, 2.24) is 4.90 Å². The second-order valence-electron chi connectivity index (χ2n) is 5.99. The third kappa shape index (κ3) is 4.44. The summed E-state index contributed by atoms with van der Waals surface area (Å²) in [7, 11) is 2.01. The molecule has 0 aliphatic heterocycles. The third-order valence-corrected chi connectivity index (χ3v) is 4.86. The molecule has 25 heavy (non-hydrogen) atoms. The Morgan fingerprint density at radius 2 is 2.00 bits per heavy atom. The van der Waals surface area contributed by atoms with E-state index in [4.69, 9.17) is 5.26 Å². The number of thiophene rings is 1. The van der Waals surface area contributed by atoms with Gasteiger partial charge in [0.2, 0.25) is 5.91 Å². The van der Waals surface area contributed by atoms with Gasteiger partial charge in [-0.15, -0.1) is 11.3 Å². The summed E-state index contributed by atoms with van der Waals surface area (Å²) < 4.78 is 0. The number of hydrogen-bond donors (Lipinski definition) is 1. The number of amides is 1. The molecule has 1 amide bonds. The van der Waals surface area contributed by atoms with Crippen LogP contribution in [0.1, 0.15) is 17.5 Å². The summed E-state index contributed by atoms with van der Waals surface area (Å²) in [6.07, 6.45) is 0.396. The monoisotopic (exact) mass is 349 g/mol. The van der Waals surface area contributed by atoms with Crippen molar-refractivity contribution in [2.45, 2.75) is 13.0 Å². The molecule has 126 valence electrons. The highest BCUT2D eigenvalue weighted by Crippen LogP contribution is 2.22. The molecule has 0 spiro atoms. The standard InChI is InChI=1S/C20H19N3OS/c1-23(10-8-19(24)22-20-18(13-21)9-11-25-20)14-15-6-7-16-4-2-3-5-17(16)12-15/h2-7,9,11-12H,8,10,14H2,1H3,(H,22,24). The molecule has 0 unspecified atom stereocenters. The molecule has 2 aromatic carbocycles. The van der Waals surface area contributed by atoms with Crippen LogP contribution >= 0.6 is 11.3 Å². The first-order valence-electron chi connectivity index (χ1n) is 8.09. The Hall–Kier alpha value is -2.68. The molecule has 0 saturated heterocycles. The van der Waals surface area contributed by atoms with Gasteiger partial charge >= 0.3 is 0 Å². The summed E-state index contributed by atoms with van der Waals surface area (Å²) in [6, 6.07) is 18.5. The Morgan fingerprint density at radius 3 is 2.80 bits per heavy atom. The zero-order valence-corrected chi connectivity index (χ0v) is 14.8. The van der Waals surface area contributed by atoms with E-state index in [0.717, 1.165) is 6.54 Å². The molecule has 0 saturated carbocycles. The number of fused-ring (bicyclic) bond motifs is 1. The van der Waals surface area contributed by atoms with E-state index in [1.807, 2.05) is 19.2 Å². The minimum atomic E-state index is -0.0655. The van der Waals surface area contributed by atoms with Crippen LogP contribution in [0.25, 0.3) is 10.8 Å². The van der Waals surface area contributed by atoms with Gasteiger partial charge in [0.1, 0.15) is 11.1 Å². The normalized spacial score (nSPS) is 10.8. The van der Waals surface area contributed by atoms with Crippen molar-refractivity contribution in [1.29, 1.82) is 5.26 Å². The predicted octanol–water partition coefficient (Wildman–Crippen LogP) is 4.23. The number of carbonyl (C=O) groups excluding carboxylic acids is 1. The number of carbonyl (C=O) groups is 1. The van der Waals surface area contributed by atoms with E-state index >= 15 is 0 Å². The van der Waals surface area contributed by atoms with Crippen molar-refractivity contribution in [3.8, 4) is 6.07 Å². The van der Waals surface area contributed by atoms with E-state index in [9.17, 15) is 4.79 Å². The quantitative estimate of drug-likeness (QED) is 0.724. The molecule has 1 N–H and O–H groups in total. The zero-order valence-electron chi connectivity index (χ0n) is 14.0. The largest absolute Gasteiger partial charge is 0.317 e. The number of anilines is 1. The first-order valence-corrected chi connectivity index (χ1v) is 8.97. The van der Waals surface area contributed by atoms with E-state index < -0.39 is 0 Å². The Morgan fingerprint density at radius 1 is 1.20 bits per heavy atom. The molecule has 1 heterocycles. The maximum absolute atomic E-state index is 12.1. The van der Waals surface area contributed by atoms with Crippen molar-refractivity contribution >= 4 is 33.0 Å². The summed E-state index contributed by atoms with van der Waals surface area (Å²) in [6.45, 7) is 1.45. The highest BCUT2D eigenvalue weighted by atomic mass is 32.1. The molecule has 3 rings (SSSR count). The van der Waals surface area contributed by atoms with Gasteiger partial charge in [-0.05, 0) is 40.9 Å². The van der Waals surface area contributed by atoms with Crippen LogP contribution in [0.4, 0.5) is 5.00 Å². The maximum Gasteiger partial charge on any atom is 0.226 e. The van der Waals surface area contributed by atoms with Gasteiger partial charge in [-0.25, -0.2) is 0 Å². The Kier molecular flexibility index (Phi) is 5.44. The lowest BCUT2D eigenvalue weighted by atomic mass is 10.1. The number of rotatable bonds is 6. The van der Waals surface area contributed by atoms with Gasteiger partial charge in [0.15, 0.2) is 0 Å². The zero-order chi connectivity index (χ0) is 17.6. The van der Waals surface area contributed by atoms with Gasteiger partial charge in [-0.1, -0.05) is 36.4 Å². The number of hydrogen-bond acceptors (Lipinski definition) is 4. The van der Waals surface area contributed by atoms with Crippen LogP contribution in [0.2, 0.25) is 0 Å². The smallest absolute Gasteiger partial charge is 0.226 e. The van der Waals surface area contributed by atoms with Crippen LogP contribution in [0.15, 0.2) is 53.9 Å². The lowest BCUT2D eigenvalue weighted by Gasteiger charge is -2.16. The summed E-state index contributed by atoms with van der Waals surface area (Å²) in [5.41, 5.74) is 1.74. The lowest BCUT2D eigenvalue weighted by Crippen LogP contribution is -2.24. The summed E-state index contributed by atoms with van der Waals surface area (Å²) in [5.74, 6) is -0.0655. The van der Waals surface area contributed by atoms with Crippen LogP contribution in [-0.2, 0) is 11.3 Å². The van der Waals surface area contributed by atoms with E-state index in [0.29, 0.717) is 23.5 Å². The Bertz CT molecular complexity index is 926.